The molecule has 194 valence electrons. The number of aromatic amines is 1. The molecule has 1 aliphatic rings. The monoisotopic (exact) mass is 502 g/mol. The molecule has 37 heavy (non-hydrogen) atoms. The minimum absolute atomic E-state index is 0.125. The zero-order valence-corrected chi connectivity index (χ0v) is 21.8. The van der Waals surface area contributed by atoms with Crippen LogP contribution in [0.15, 0.2) is 41.3 Å². The summed E-state index contributed by atoms with van der Waals surface area (Å²) in [4.78, 5) is 43.9. The topological polar surface area (TPSA) is 113 Å². The van der Waals surface area contributed by atoms with Gasteiger partial charge in [0.1, 0.15) is 5.69 Å². The van der Waals surface area contributed by atoms with Crippen LogP contribution in [0.3, 0.4) is 0 Å². The van der Waals surface area contributed by atoms with Gasteiger partial charge < -0.3 is 20.4 Å². The molecule has 0 bridgehead atoms. The number of pyridine rings is 2. The van der Waals surface area contributed by atoms with Crippen LogP contribution >= 0.6 is 0 Å². The van der Waals surface area contributed by atoms with Gasteiger partial charge in [0, 0.05) is 53.5 Å². The van der Waals surface area contributed by atoms with Gasteiger partial charge in [0.15, 0.2) is 6.29 Å². The maximum Gasteiger partial charge on any atom is 0.253 e. The summed E-state index contributed by atoms with van der Waals surface area (Å²) in [6.45, 7) is 8.57. The largest absolute Gasteiger partial charge is 0.382 e. The van der Waals surface area contributed by atoms with E-state index in [1.54, 1.807) is 12.3 Å². The van der Waals surface area contributed by atoms with Crippen LogP contribution in [0.5, 0.6) is 0 Å². The molecule has 1 aromatic carbocycles. The number of aromatic nitrogens is 2. The maximum absolute atomic E-state index is 13.4. The summed E-state index contributed by atoms with van der Waals surface area (Å²) in [5.41, 5.74) is 6.12. The molecule has 2 atom stereocenters. The third-order valence-electron chi connectivity index (χ3n) is 6.99. The van der Waals surface area contributed by atoms with E-state index < -0.39 is 0 Å². The fourth-order valence-corrected chi connectivity index (χ4v) is 4.79. The maximum atomic E-state index is 13.4. The van der Waals surface area contributed by atoms with Crippen molar-refractivity contribution < 1.29 is 14.3 Å². The normalized spacial score (nSPS) is 17.3. The lowest BCUT2D eigenvalue weighted by molar-refractivity contribution is 0.00924. The van der Waals surface area contributed by atoms with Crippen molar-refractivity contribution in [3.05, 3.63) is 80.5 Å². The van der Waals surface area contributed by atoms with Crippen molar-refractivity contribution >= 4 is 17.9 Å². The Bertz CT molecular complexity index is 1350. The molecule has 3 heterocycles. The highest BCUT2D eigenvalue weighted by Gasteiger charge is 2.23. The molecule has 0 aliphatic carbocycles. The number of amides is 1. The number of nitrogens with one attached hydrogen (secondary N) is 3. The summed E-state index contributed by atoms with van der Waals surface area (Å²) in [7, 11) is 0. The van der Waals surface area contributed by atoms with E-state index in [1.807, 2.05) is 45.0 Å². The van der Waals surface area contributed by atoms with E-state index in [0.29, 0.717) is 29.7 Å². The van der Waals surface area contributed by atoms with Crippen LogP contribution in [-0.4, -0.2) is 40.9 Å². The molecule has 8 nitrogen and oxygen atoms in total. The number of carbonyl (C=O) groups excluding carboxylic acids is 2. The van der Waals surface area contributed by atoms with Gasteiger partial charge in [0.2, 0.25) is 0 Å². The number of carbonyl (C=O) groups is 2. The van der Waals surface area contributed by atoms with Crippen LogP contribution in [-0.2, 0) is 11.3 Å². The van der Waals surface area contributed by atoms with Gasteiger partial charge in [0.05, 0.1) is 6.10 Å². The van der Waals surface area contributed by atoms with Crippen LogP contribution in [0.2, 0.25) is 0 Å². The van der Waals surface area contributed by atoms with Gasteiger partial charge in [-0.25, -0.2) is 0 Å². The Morgan fingerprint density at radius 2 is 2.00 bits per heavy atom. The summed E-state index contributed by atoms with van der Waals surface area (Å²) >= 11 is 0. The summed E-state index contributed by atoms with van der Waals surface area (Å²) in [5, 5.41) is 6.58. The fraction of sp³-hybridized carbons (Fsp3) is 0.379. The molecule has 1 fully saturated rings. The van der Waals surface area contributed by atoms with E-state index in [-0.39, 0.29) is 30.2 Å². The van der Waals surface area contributed by atoms with Gasteiger partial charge in [-0.1, -0.05) is 13.0 Å². The van der Waals surface area contributed by atoms with Gasteiger partial charge in [-0.2, -0.15) is 0 Å². The molecular weight excluding hydrogens is 468 g/mol. The number of anilines is 1. The SMILES string of the molecule is CCC1CC(Nc2cc(-c3ccc(C=O)nc3)cc(C(=O)NCc3c(C)cc(C)[nH]c3=O)c2C)CCO1. The van der Waals surface area contributed by atoms with Crippen molar-refractivity contribution in [1.29, 1.82) is 0 Å². The predicted molar refractivity (Wildman–Crippen MR) is 144 cm³/mol. The second kappa shape index (κ2) is 11.5. The van der Waals surface area contributed by atoms with E-state index >= 15 is 0 Å². The standard InChI is InChI=1S/C29H34N4O4/c1-5-24-13-22(8-9-37-24)33-27-12-21(20-6-7-23(16-34)30-14-20)11-25(19(27)4)28(35)31-15-26-17(2)10-18(3)32-29(26)36/h6-7,10-12,14,16,22,24,33H,5,8-9,13,15H2,1-4H3,(H,31,35)(H,32,36). The first-order valence-electron chi connectivity index (χ1n) is 12.7. The van der Waals surface area contributed by atoms with Gasteiger partial charge in [-0.15, -0.1) is 0 Å². The van der Waals surface area contributed by atoms with E-state index in [4.69, 9.17) is 4.74 Å². The van der Waals surface area contributed by atoms with Crippen molar-refractivity contribution in [3.8, 4) is 11.1 Å². The number of hydrogen-bond acceptors (Lipinski definition) is 6. The molecule has 4 rings (SSSR count). The summed E-state index contributed by atoms with van der Waals surface area (Å²) in [5.74, 6) is -0.266. The highest BCUT2D eigenvalue weighted by atomic mass is 16.5. The smallest absolute Gasteiger partial charge is 0.253 e. The Morgan fingerprint density at radius 1 is 1.19 bits per heavy atom. The molecular formula is C29H34N4O4. The third-order valence-corrected chi connectivity index (χ3v) is 6.99. The van der Waals surface area contributed by atoms with Crippen LogP contribution in [0.4, 0.5) is 5.69 Å². The Kier molecular flexibility index (Phi) is 8.18. The van der Waals surface area contributed by atoms with Crippen molar-refractivity contribution in [2.45, 2.75) is 65.6 Å². The zero-order chi connectivity index (χ0) is 26.5. The molecule has 1 amide bonds. The Balaban J connectivity index is 1.66. The van der Waals surface area contributed by atoms with Gasteiger partial charge in [0.25, 0.3) is 11.5 Å². The van der Waals surface area contributed by atoms with Gasteiger partial charge in [-0.05, 0) is 81.0 Å². The molecule has 1 aliphatic heterocycles. The number of aryl methyl sites for hydroxylation is 2. The average Bonchev–Trinajstić information content (AvgIpc) is 2.89. The molecule has 8 heteroatoms. The quantitative estimate of drug-likeness (QED) is 0.392. The Labute approximate surface area is 216 Å². The lowest BCUT2D eigenvalue weighted by atomic mass is 9.96. The predicted octanol–water partition coefficient (Wildman–Crippen LogP) is 4.47. The van der Waals surface area contributed by atoms with Crippen LogP contribution in [0.1, 0.15) is 69.4 Å². The van der Waals surface area contributed by atoms with Gasteiger partial charge in [-0.3, -0.25) is 19.4 Å². The van der Waals surface area contributed by atoms with Crippen LogP contribution in [0.25, 0.3) is 11.1 Å². The van der Waals surface area contributed by atoms with Crippen molar-refractivity contribution in [1.82, 2.24) is 15.3 Å². The number of hydrogen-bond donors (Lipinski definition) is 3. The van der Waals surface area contributed by atoms with Crippen LogP contribution < -0.4 is 16.2 Å². The van der Waals surface area contributed by atoms with E-state index in [1.165, 1.54) is 0 Å². The van der Waals surface area contributed by atoms with Crippen molar-refractivity contribution in [2.75, 3.05) is 11.9 Å². The van der Waals surface area contributed by atoms with E-state index in [0.717, 1.165) is 52.9 Å². The number of nitrogens with zero attached hydrogens (tertiary/aromatic N) is 1. The first-order chi connectivity index (χ1) is 17.8. The molecule has 0 radical (unpaired) electrons. The van der Waals surface area contributed by atoms with E-state index in [2.05, 4.69) is 27.5 Å². The Hall–Kier alpha value is -3.78. The van der Waals surface area contributed by atoms with E-state index in [9.17, 15) is 14.4 Å². The third kappa shape index (κ3) is 6.14. The molecule has 3 aromatic rings. The number of benzene rings is 1. The number of ether oxygens (including phenoxy) is 1. The highest BCUT2D eigenvalue weighted by Crippen LogP contribution is 2.31. The molecule has 3 N–H and O–H groups in total. The lowest BCUT2D eigenvalue weighted by Gasteiger charge is -2.31. The van der Waals surface area contributed by atoms with Crippen LogP contribution in [0, 0.1) is 20.8 Å². The first-order valence-corrected chi connectivity index (χ1v) is 12.7. The minimum atomic E-state index is -0.266. The van der Waals surface area contributed by atoms with Crippen molar-refractivity contribution in [2.24, 2.45) is 0 Å². The first kappa shape index (κ1) is 26.3. The molecule has 2 aromatic heterocycles. The summed E-state index contributed by atoms with van der Waals surface area (Å²) in [6.07, 6.45) is 5.29. The minimum Gasteiger partial charge on any atom is -0.382 e. The Morgan fingerprint density at radius 3 is 2.68 bits per heavy atom. The number of rotatable bonds is 8. The second-order valence-corrected chi connectivity index (χ2v) is 9.68. The molecule has 1 saturated heterocycles. The highest BCUT2D eigenvalue weighted by molar-refractivity contribution is 5.98. The molecule has 0 spiro atoms. The van der Waals surface area contributed by atoms with Gasteiger partial charge >= 0.3 is 0 Å². The lowest BCUT2D eigenvalue weighted by Crippen LogP contribution is -2.34. The summed E-state index contributed by atoms with van der Waals surface area (Å²) < 4.78 is 5.83. The zero-order valence-electron chi connectivity index (χ0n) is 21.8. The number of aldehydes is 1. The average molecular weight is 503 g/mol. The van der Waals surface area contributed by atoms with Crippen molar-refractivity contribution in [3.63, 3.8) is 0 Å². The molecule has 0 saturated carbocycles. The fourth-order valence-electron chi connectivity index (χ4n) is 4.79. The second-order valence-electron chi connectivity index (χ2n) is 9.68. The number of H-pyrrole nitrogens is 1. The summed E-state index contributed by atoms with van der Waals surface area (Å²) in [6, 6.07) is 9.46. The molecule has 2 unspecified atom stereocenters.